The van der Waals surface area contributed by atoms with Gasteiger partial charge in [-0.3, -0.25) is 0 Å². The van der Waals surface area contributed by atoms with Crippen molar-refractivity contribution in [2.45, 2.75) is 43.4 Å². The first kappa shape index (κ1) is 29.5. The van der Waals surface area contributed by atoms with Crippen LogP contribution in [0.5, 0.6) is 0 Å². The molecule has 16 heteroatoms. The normalized spacial score (nSPS) is 13.6. The first-order valence-corrected chi connectivity index (χ1v) is 27.2. The van der Waals surface area contributed by atoms with E-state index in [0.29, 0.717) is 30.6 Å². The Balaban J connectivity index is 0. The molecule has 23 heavy (non-hydrogen) atoms. The monoisotopic (exact) mass is 630 g/mol. The smallest absolute Gasteiger partial charge is 0.126 e. The molecule has 0 aromatic rings. The largest absolute Gasteiger partial charge is 0.341 e. The van der Waals surface area contributed by atoms with Gasteiger partial charge in [-0.15, -0.1) is 133 Å². The second kappa shape index (κ2) is 13.5. The highest BCUT2D eigenvalue weighted by molar-refractivity contribution is 7.66. The maximum Gasteiger partial charge on any atom is 0.341 e. The number of hydrogen-bond donors (Lipinski definition) is 0. The van der Waals surface area contributed by atoms with E-state index in [9.17, 15) is 0 Å². The third kappa shape index (κ3) is 34.3. The van der Waals surface area contributed by atoms with Crippen molar-refractivity contribution in [2.24, 2.45) is 0 Å². The Kier molecular flexibility index (Phi) is 17.4. The maximum absolute atomic E-state index is 5.67. The Bertz CT molecular complexity index is 272. The molecule has 0 N–H and O–H groups in total. The molecule has 0 spiro atoms. The van der Waals surface area contributed by atoms with Crippen molar-refractivity contribution in [3.8, 4) is 0 Å². The molecule has 0 aliphatic rings. The average Bonchev–Trinajstić information content (AvgIpc) is 2.19. The van der Waals surface area contributed by atoms with Gasteiger partial charge in [-0.05, 0) is 24.2 Å². The van der Waals surface area contributed by atoms with Crippen LogP contribution in [0.4, 0.5) is 0 Å². The van der Waals surface area contributed by atoms with Crippen LogP contribution in [-0.4, -0.2) is 24.0 Å². The fourth-order valence-corrected chi connectivity index (χ4v) is 8.76. The lowest BCUT2D eigenvalue weighted by atomic mass is 10.4. The van der Waals surface area contributed by atoms with Crippen LogP contribution in [0.25, 0.3) is 0 Å². The van der Waals surface area contributed by atoms with Crippen molar-refractivity contribution in [3.63, 3.8) is 0 Å². The molecule has 0 amide bonds. The summed E-state index contributed by atoms with van der Waals surface area (Å²) in [6.07, 6.45) is 2.37. The number of unbranched alkanes of at least 4 members (excludes halogenated alkanes) is 1. The van der Waals surface area contributed by atoms with Crippen molar-refractivity contribution in [1.29, 1.82) is 0 Å². The second-order valence-electron chi connectivity index (χ2n) is 4.52. The van der Waals surface area contributed by atoms with E-state index in [1.807, 2.05) is 0 Å². The van der Waals surface area contributed by atoms with Crippen LogP contribution in [0, 0.1) is 0 Å². The molecule has 0 nitrogen and oxygen atoms in total. The number of hydrogen-bond acceptors (Lipinski definition) is 0. The molecule has 0 rings (SSSR count). The fourth-order valence-electron chi connectivity index (χ4n) is 1.14. The first-order chi connectivity index (χ1) is 9.91. The van der Waals surface area contributed by atoms with Crippen molar-refractivity contribution in [2.75, 3.05) is 0 Å². The Hall–Kier alpha value is 4.35. The zero-order valence-electron chi connectivity index (χ0n) is 11.5. The fraction of sp³-hybridized carbons (Fsp3) is 1.00. The van der Waals surface area contributed by atoms with Gasteiger partial charge in [0.15, 0.2) is 0 Å². The summed E-state index contributed by atoms with van der Waals surface area (Å²) in [5.74, 6) is 0. The predicted molar refractivity (Wildman–Crippen MR) is 126 cm³/mol. The molecule has 0 atom stereocenters. The van der Waals surface area contributed by atoms with Gasteiger partial charge in [-0.25, -0.2) is 0 Å². The van der Waals surface area contributed by atoms with Gasteiger partial charge in [0.05, 0.1) is 0 Å². The van der Waals surface area contributed by atoms with Crippen LogP contribution < -0.4 is 0 Å². The summed E-state index contributed by atoms with van der Waals surface area (Å²) in [6.45, 7) is 0. The molecule has 0 fully saturated rings. The Morgan fingerprint density at radius 3 is 0.652 bits per heavy atom. The van der Waals surface area contributed by atoms with Gasteiger partial charge in [-0.1, -0.05) is 19.3 Å². The molecule has 0 aromatic heterocycles. The van der Waals surface area contributed by atoms with Gasteiger partial charge in [0.25, 0.3) is 0 Å². The van der Waals surface area contributed by atoms with Crippen molar-refractivity contribution < 1.29 is 0 Å². The summed E-state index contributed by atoms with van der Waals surface area (Å²) in [4.78, 5) is 0. The lowest BCUT2D eigenvalue weighted by molar-refractivity contribution is 0.873. The molecule has 0 saturated heterocycles. The van der Waals surface area contributed by atoms with Crippen LogP contribution >= 0.6 is 133 Å². The highest BCUT2D eigenvalue weighted by Gasteiger charge is 2.29. The van der Waals surface area contributed by atoms with Crippen molar-refractivity contribution >= 4 is 157 Å². The van der Waals surface area contributed by atoms with E-state index < -0.39 is 24.0 Å². The molecular formula is C7H14Cl12Si4. The summed E-state index contributed by atoms with van der Waals surface area (Å²) in [7, 11) is 0. The predicted octanol–water partition coefficient (Wildman–Crippen LogP) is 9.76. The summed E-state index contributed by atoms with van der Waals surface area (Å²) in [6, 6.07) is -7.46. The van der Waals surface area contributed by atoms with E-state index in [0.717, 1.165) is 12.8 Å². The Morgan fingerprint density at radius 1 is 0.304 bits per heavy atom. The minimum absolute atomic E-state index is 0.568. The zero-order chi connectivity index (χ0) is 18.9. The third-order valence-electron chi connectivity index (χ3n) is 2.09. The van der Waals surface area contributed by atoms with E-state index in [1.54, 1.807) is 0 Å². The first-order valence-electron chi connectivity index (χ1n) is 6.18. The van der Waals surface area contributed by atoms with Gasteiger partial charge in [0.2, 0.25) is 0 Å². The molecule has 0 aliphatic heterocycles. The summed E-state index contributed by atoms with van der Waals surface area (Å²) < 4.78 is 0. The van der Waals surface area contributed by atoms with E-state index in [4.69, 9.17) is 133 Å². The molecule has 0 unspecified atom stereocenters. The molecule has 0 aromatic carbocycles. The molecule has 0 aliphatic carbocycles. The SMILES string of the molecule is Cl[Si](Cl)(Cl)CCCC[Si](Cl)(Cl)Cl.Cl[Si](Cl)(Cl)CCC[Si](Cl)(Cl)Cl. The van der Waals surface area contributed by atoms with Gasteiger partial charge >= 0.3 is 24.0 Å². The zero-order valence-corrected chi connectivity index (χ0v) is 24.6. The van der Waals surface area contributed by atoms with Crippen molar-refractivity contribution in [3.05, 3.63) is 0 Å². The van der Waals surface area contributed by atoms with Gasteiger partial charge in [0.1, 0.15) is 0 Å². The van der Waals surface area contributed by atoms with E-state index in [1.165, 1.54) is 0 Å². The lowest BCUT2D eigenvalue weighted by Gasteiger charge is -2.09. The molecule has 0 saturated carbocycles. The van der Waals surface area contributed by atoms with Gasteiger partial charge < -0.3 is 0 Å². The summed E-state index contributed by atoms with van der Waals surface area (Å²) in [5, 5.41) is 0. The molecule has 142 valence electrons. The Morgan fingerprint density at radius 2 is 0.478 bits per heavy atom. The minimum Gasteiger partial charge on any atom is -0.126 e. The topological polar surface area (TPSA) is 0 Å². The summed E-state index contributed by atoms with van der Waals surface area (Å²) >= 11 is 67.7. The second-order valence-corrected chi connectivity index (χ2v) is 41.6. The van der Waals surface area contributed by atoms with Crippen LogP contribution in [0.2, 0.25) is 24.2 Å². The summed E-state index contributed by atoms with van der Waals surface area (Å²) in [5.41, 5.74) is 0. The number of halogens is 12. The lowest BCUT2D eigenvalue weighted by Crippen LogP contribution is -2.13. The average molecular weight is 636 g/mol. The Labute approximate surface area is 198 Å². The van der Waals surface area contributed by atoms with Crippen LogP contribution in [0.15, 0.2) is 0 Å². The van der Waals surface area contributed by atoms with Crippen LogP contribution in [0.1, 0.15) is 19.3 Å². The van der Waals surface area contributed by atoms with Gasteiger partial charge in [0, 0.05) is 0 Å². The highest BCUT2D eigenvalue weighted by atomic mass is 35.9. The highest BCUT2D eigenvalue weighted by Crippen LogP contribution is 2.33. The molecule has 0 bridgehead atoms. The molecular weight excluding hydrogens is 622 g/mol. The van der Waals surface area contributed by atoms with E-state index in [2.05, 4.69) is 0 Å². The maximum atomic E-state index is 5.67. The van der Waals surface area contributed by atoms with Crippen LogP contribution in [-0.2, 0) is 0 Å². The van der Waals surface area contributed by atoms with Gasteiger partial charge in [-0.2, -0.15) is 0 Å². The quantitative estimate of drug-likeness (QED) is 0.134. The standard InChI is InChI=1S/C4H8Cl6Si2.C3H6Cl6Si2/c5-11(6,7)3-1-2-4-12(8,9)10;4-10(5,6)2-1-3-11(7,8)9/h1-4H2;1-3H2. The third-order valence-corrected chi connectivity index (χ3v) is 12.6. The van der Waals surface area contributed by atoms with E-state index >= 15 is 0 Å². The van der Waals surface area contributed by atoms with Crippen LogP contribution in [0.3, 0.4) is 0 Å². The number of rotatable bonds is 9. The van der Waals surface area contributed by atoms with E-state index in [-0.39, 0.29) is 0 Å². The molecule has 0 heterocycles. The minimum atomic E-state index is -2.49. The van der Waals surface area contributed by atoms with Crippen molar-refractivity contribution in [1.82, 2.24) is 0 Å². The molecule has 0 radical (unpaired) electrons.